The van der Waals surface area contributed by atoms with Crippen molar-refractivity contribution in [3.05, 3.63) is 179 Å². The van der Waals surface area contributed by atoms with E-state index < -0.39 is 17.3 Å². The zero-order valence-corrected chi connectivity index (χ0v) is 45.1. The topological polar surface area (TPSA) is 150 Å². The maximum absolute atomic E-state index is 16.1. The number of halogens is 1. The summed E-state index contributed by atoms with van der Waals surface area (Å²) in [6.07, 6.45) is 20.3. The first-order chi connectivity index (χ1) is 36.5. The SMILES string of the molecule is C=CCc1c(C)cc(/C=C2/CN=C3CCN(C(=O)C4=Cc5cc(C6CCOCC6)ccc5C4CC[C@@]4(c5noc(=O)[nH]5)CC4C)CC3=C2CC2=CC(=O)C(Cc3ccc(C)c(C=NCCC(C)(C)O)c3F)C=C2)cc1C. The second-order valence-electron chi connectivity index (χ2n) is 23.0. The minimum atomic E-state index is -0.868. The summed E-state index contributed by atoms with van der Waals surface area (Å²) in [5, 5.41) is 14.3. The van der Waals surface area contributed by atoms with Crippen molar-refractivity contribution in [2.24, 2.45) is 21.8 Å². The number of carbonyl (C=O) groups excluding carboxylic acids is 2. The van der Waals surface area contributed by atoms with Crippen molar-refractivity contribution in [1.82, 2.24) is 15.0 Å². The van der Waals surface area contributed by atoms with E-state index in [1.54, 1.807) is 32.2 Å². The highest BCUT2D eigenvalue weighted by Crippen LogP contribution is 2.57. The number of aliphatic hydroxyl groups is 1. The molecule has 2 N–H and O–H groups in total. The first-order valence-corrected chi connectivity index (χ1v) is 27.4. The summed E-state index contributed by atoms with van der Waals surface area (Å²) in [4.78, 5) is 56.1. The highest BCUT2D eigenvalue weighted by atomic mass is 19.1. The molecule has 3 aliphatic carbocycles. The van der Waals surface area contributed by atoms with Gasteiger partial charge in [-0.05, 0) is 195 Å². The Hall–Kier alpha value is -6.63. The van der Waals surface area contributed by atoms with Gasteiger partial charge in [-0.15, -0.1) is 6.58 Å². The second kappa shape index (κ2) is 21.8. The zero-order chi connectivity index (χ0) is 53.5. The zero-order valence-electron chi connectivity index (χ0n) is 45.1. The lowest BCUT2D eigenvalue weighted by Gasteiger charge is -2.35. The minimum absolute atomic E-state index is 0.00860. The molecule has 1 amide bonds. The molecule has 3 aromatic carbocycles. The Morgan fingerprint density at radius 2 is 1.84 bits per heavy atom. The van der Waals surface area contributed by atoms with Gasteiger partial charge in [-0.2, -0.15) is 0 Å². The molecule has 3 fully saturated rings. The van der Waals surface area contributed by atoms with Crippen LogP contribution in [0, 0.1) is 38.4 Å². The molecule has 10 rings (SSSR count). The average molecular weight is 1030 g/mol. The van der Waals surface area contributed by atoms with E-state index in [2.05, 4.69) is 85.0 Å². The number of piperidine rings is 1. The summed E-state index contributed by atoms with van der Waals surface area (Å²) in [5.41, 5.74) is 14.4. The third-order valence-corrected chi connectivity index (χ3v) is 17.2. The van der Waals surface area contributed by atoms with Crippen LogP contribution in [0.15, 0.2) is 121 Å². The third kappa shape index (κ3) is 11.1. The number of nitrogens with zero attached hydrogens (tertiary/aromatic N) is 4. The molecule has 4 heterocycles. The quantitative estimate of drug-likeness (QED) is 0.0789. The number of ketones is 1. The van der Waals surface area contributed by atoms with E-state index in [0.29, 0.717) is 80.6 Å². The minimum Gasteiger partial charge on any atom is -0.390 e. The summed E-state index contributed by atoms with van der Waals surface area (Å²) >= 11 is 0. The molecule has 0 radical (unpaired) electrons. The number of hydrogen-bond acceptors (Lipinski definition) is 9. The number of carbonyl (C=O) groups is 2. The predicted octanol–water partition coefficient (Wildman–Crippen LogP) is 11.2. The molecule has 12 heteroatoms. The number of dihydropyridines is 1. The smallest absolute Gasteiger partial charge is 0.390 e. The Morgan fingerprint density at radius 3 is 2.54 bits per heavy atom. The molecule has 6 aliphatic rings. The molecule has 3 unspecified atom stereocenters. The summed E-state index contributed by atoms with van der Waals surface area (Å²) in [6.45, 7) is 19.0. The van der Waals surface area contributed by atoms with Gasteiger partial charge in [-0.3, -0.25) is 29.1 Å². The Morgan fingerprint density at radius 1 is 1.07 bits per heavy atom. The van der Waals surface area contributed by atoms with E-state index in [-0.39, 0.29) is 35.3 Å². The Kier molecular flexibility index (Phi) is 15.1. The van der Waals surface area contributed by atoms with E-state index in [1.807, 2.05) is 36.1 Å². The number of hydrogen-bond donors (Lipinski definition) is 2. The van der Waals surface area contributed by atoms with Crippen LogP contribution < -0.4 is 5.76 Å². The van der Waals surface area contributed by atoms with Crippen molar-refractivity contribution in [1.29, 1.82) is 0 Å². The van der Waals surface area contributed by atoms with Crippen molar-refractivity contribution >= 4 is 35.8 Å². The highest BCUT2D eigenvalue weighted by molar-refractivity contribution is 6.08. The van der Waals surface area contributed by atoms with Gasteiger partial charge >= 0.3 is 5.76 Å². The van der Waals surface area contributed by atoms with E-state index in [1.165, 1.54) is 22.3 Å². The number of nitrogens with one attached hydrogen (secondary N) is 1. The van der Waals surface area contributed by atoms with Gasteiger partial charge in [0.2, 0.25) is 0 Å². The molecule has 0 bridgehead atoms. The molecule has 2 saturated heterocycles. The van der Waals surface area contributed by atoms with E-state index >= 15 is 9.18 Å². The van der Waals surface area contributed by atoms with Crippen molar-refractivity contribution < 1.29 is 28.3 Å². The van der Waals surface area contributed by atoms with Gasteiger partial charge in [0.15, 0.2) is 11.6 Å². The van der Waals surface area contributed by atoms with Crippen LogP contribution in [0.25, 0.3) is 12.2 Å². The monoisotopic (exact) mass is 1030 g/mol. The lowest BCUT2D eigenvalue weighted by molar-refractivity contribution is -0.127. The molecule has 3 aliphatic heterocycles. The maximum Gasteiger partial charge on any atom is 0.438 e. The lowest BCUT2D eigenvalue weighted by atomic mass is 9.81. The molecule has 396 valence electrons. The number of benzene rings is 3. The summed E-state index contributed by atoms with van der Waals surface area (Å²) in [7, 11) is 0. The van der Waals surface area contributed by atoms with E-state index in [9.17, 15) is 14.7 Å². The number of aromatic amines is 1. The van der Waals surface area contributed by atoms with Gasteiger partial charge < -0.3 is 14.7 Å². The number of aryl methyl sites for hydroxylation is 3. The number of fused-ring (bicyclic) bond motifs is 2. The Bertz CT molecular complexity index is 3230. The molecule has 1 aromatic heterocycles. The molecule has 4 atom stereocenters. The van der Waals surface area contributed by atoms with Crippen molar-refractivity contribution in [2.75, 3.05) is 39.4 Å². The van der Waals surface area contributed by atoms with Crippen LogP contribution in [0.3, 0.4) is 0 Å². The standard InChI is InChI=1S/C64H72FN5O6/c1-8-9-50-39(3)26-43(27-40(50)4)28-49-35-67-57-17-23-70(37-56(57)53(49)29-42-11-13-46(58(71)30-42)32-47-12-10-38(2)55(59(47)65)36-66-22-21-63(6,7)74)60(72)54-33-48-31-45(44-18-24-75-25-19-44)14-15-51(48)52(54)16-20-64(34-41(64)5)61-68-62(73)76-69-61/h8,10-15,26-28,30-31,33,36,41,44,46,52,74H,1,9,16-25,29,32,34-35,37H2,2-7H3,(H,68,69,73)/b49-28-,66-36?/t41?,46?,52?,64-/m1/s1. The number of likely N-dealkylation sites (tertiary alicyclic amines) is 1. The molecule has 76 heavy (non-hydrogen) atoms. The van der Waals surface area contributed by atoms with Gasteiger partial charge in [-0.1, -0.05) is 72.8 Å². The van der Waals surface area contributed by atoms with Crippen LogP contribution >= 0.6 is 0 Å². The number of aliphatic imine (C=N–C) groups is 2. The summed E-state index contributed by atoms with van der Waals surface area (Å²) in [6, 6.07) is 14.8. The molecular formula is C64H72FN5O6. The van der Waals surface area contributed by atoms with Crippen LogP contribution in [-0.2, 0) is 32.6 Å². The van der Waals surface area contributed by atoms with E-state index in [4.69, 9.17) is 14.3 Å². The summed E-state index contributed by atoms with van der Waals surface area (Å²) in [5.74, 6) is -0.392. The fraction of sp³-hybridized carbons (Fsp3) is 0.438. The lowest BCUT2D eigenvalue weighted by Crippen LogP contribution is -2.42. The molecule has 0 spiro atoms. The molecule has 1 saturated carbocycles. The van der Waals surface area contributed by atoms with Crippen LogP contribution in [-0.4, -0.2) is 88.8 Å². The average Bonchev–Trinajstić information content (AvgIpc) is 3.64. The largest absolute Gasteiger partial charge is 0.438 e. The van der Waals surface area contributed by atoms with E-state index in [0.717, 1.165) is 101 Å². The molecular weight excluding hydrogens is 954 g/mol. The Balaban J connectivity index is 0.952. The first kappa shape index (κ1) is 52.8. The van der Waals surface area contributed by atoms with Gasteiger partial charge in [0.05, 0.1) is 12.1 Å². The predicted molar refractivity (Wildman–Crippen MR) is 299 cm³/mol. The van der Waals surface area contributed by atoms with Crippen LogP contribution in [0.1, 0.15) is 145 Å². The number of aromatic nitrogens is 2. The Labute approximate surface area is 446 Å². The van der Waals surface area contributed by atoms with Gasteiger partial charge in [0, 0.05) is 79.6 Å². The summed E-state index contributed by atoms with van der Waals surface area (Å²) < 4.78 is 26.8. The van der Waals surface area contributed by atoms with Gasteiger partial charge in [-0.25, -0.2) is 9.18 Å². The van der Waals surface area contributed by atoms with Crippen LogP contribution in [0.5, 0.6) is 0 Å². The van der Waals surface area contributed by atoms with Gasteiger partial charge in [0.25, 0.3) is 5.91 Å². The van der Waals surface area contributed by atoms with Gasteiger partial charge in [0.1, 0.15) is 5.82 Å². The van der Waals surface area contributed by atoms with Crippen LogP contribution in [0.2, 0.25) is 0 Å². The normalized spacial score (nSPS) is 23.2. The van der Waals surface area contributed by atoms with Crippen molar-refractivity contribution in [2.45, 2.75) is 129 Å². The number of H-pyrrole nitrogens is 1. The number of allylic oxidation sites excluding steroid dienone is 5. The highest BCUT2D eigenvalue weighted by Gasteiger charge is 2.55. The maximum atomic E-state index is 16.1. The van der Waals surface area contributed by atoms with Crippen LogP contribution in [0.4, 0.5) is 4.39 Å². The molecule has 11 nitrogen and oxygen atoms in total. The van der Waals surface area contributed by atoms with Crippen molar-refractivity contribution in [3.63, 3.8) is 0 Å². The number of amides is 1. The third-order valence-electron chi connectivity index (χ3n) is 17.2. The number of rotatable bonds is 17. The fourth-order valence-corrected chi connectivity index (χ4v) is 12.5. The fourth-order valence-electron chi connectivity index (χ4n) is 12.5. The first-order valence-electron chi connectivity index (χ1n) is 27.4. The van der Waals surface area contributed by atoms with Crippen molar-refractivity contribution in [3.8, 4) is 0 Å². The molecule has 4 aromatic rings. The number of ether oxygens (including phenoxy) is 1. The second-order valence-corrected chi connectivity index (χ2v) is 23.0.